The van der Waals surface area contributed by atoms with Crippen LogP contribution in [0.15, 0.2) is 12.2 Å². The highest BCUT2D eigenvalue weighted by Crippen LogP contribution is 2.01. The van der Waals surface area contributed by atoms with Crippen molar-refractivity contribution >= 4 is 17.6 Å². The van der Waals surface area contributed by atoms with Crippen molar-refractivity contribution < 1.29 is 4.79 Å². The Bertz CT molecular complexity index is 145. The lowest BCUT2D eigenvalue weighted by Gasteiger charge is -1.98. The van der Waals surface area contributed by atoms with E-state index >= 15 is 0 Å². The van der Waals surface area contributed by atoms with Crippen LogP contribution in [-0.2, 0) is 4.79 Å². The number of Topliss-reactive ketones (excluding diaryl/α,β-unsaturated/α-hetero) is 1. The fraction of sp³-hybridized carbons (Fsp3) is 0.625. The molecule has 11 heavy (non-hydrogen) atoms. The van der Waals surface area contributed by atoms with Gasteiger partial charge in [-0.2, -0.15) is 0 Å². The van der Waals surface area contributed by atoms with Gasteiger partial charge in [0.15, 0.2) is 5.78 Å². The first kappa shape index (κ1) is 10.7. The number of halogens is 1. The number of hydrogen-bond donors (Lipinski definition) is 1. The van der Waals surface area contributed by atoms with E-state index in [4.69, 9.17) is 11.8 Å². The molecule has 0 aromatic rings. The zero-order valence-corrected chi connectivity index (χ0v) is 7.58. The summed E-state index contributed by atoms with van der Waals surface area (Å²) >= 11 is 5.23. The highest BCUT2D eigenvalue weighted by atomic mass is 35.5. The third kappa shape index (κ3) is 6.07. The molecule has 0 aliphatic carbocycles. The van der Waals surface area contributed by atoms with Gasteiger partial charge < -0.3 is 0 Å². The Labute approximate surface area is 72.7 Å². The summed E-state index contributed by atoms with van der Waals surface area (Å²) in [5.74, 6) is 0.152. The predicted molar refractivity (Wildman–Crippen MR) is 47.5 cm³/mol. The topological polar surface area (TPSA) is 29.1 Å². The molecule has 0 atom stereocenters. The molecule has 0 bridgehead atoms. The number of rotatable bonds is 6. The second-order valence-electron chi connectivity index (χ2n) is 2.54. The van der Waals surface area contributed by atoms with E-state index in [1.54, 1.807) is 6.92 Å². The van der Waals surface area contributed by atoms with E-state index in [-0.39, 0.29) is 5.78 Å². The molecular formula is C8H14ClNO. The van der Waals surface area contributed by atoms with E-state index in [0.717, 1.165) is 19.4 Å². The minimum Gasteiger partial charge on any atom is -0.295 e. The van der Waals surface area contributed by atoms with Crippen molar-refractivity contribution in [2.24, 2.45) is 0 Å². The van der Waals surface area contributed by atoms with Crippen LogP contribution in [0.5, 0.6) is 0 Å². The smallest absolute Gasteiger partial charge is 0.157 e. The highest BCUT2D eigenvalue weighted by molar-refractivity contribution is 6.13. The Morgan fingerprint density at radius 3 is 2.64 bits per heavy atom. The molecule has 0 radical (unpaired) electrons. The minimum absolute atomic E-state index is 0.152. The molecule has 0 saturated carbocycles. The lowest BCUT2D eigenvalue weighted by atomic mass is 10.1. The normalized spacial score (nSPS) is 9.64. The maximum Gasteiger partial charge on any atom is 0.157 e. The molecule has 0 heterocycles. The second kappa shape index (κ2) is 6.38. The zero-order valence-electron chi connectivity index (χ0n) is 6.82. The molecule has 0 aromatic heterocycles. The number of unbranched alkanes of at least 4 members (excludes halogenated alkanes) is 1. The fourth-order valence-corrected chi connectivity index (χ4v) is 0.824. The van der Waals surface area contributed by atoms with Crippen LogP contribution in [0.2, 0.25) is 0 Å². The third-order valence-electron chi connectivity index (χ3n) is 1.40. The monoisotopic (exact) mass is 175 g/mol. The minimum atomic E-state index is 0.152. The van der Waals surface area contributed by atoms with Crippen molar-refractivity contribution in [3.8, 4) is 0 Å². The maximum atomic E-state index is 11.0. The average molecular weight is 176 g/mol. The summed E-state index contributed by atoms with van der Waals surface area (Å²) in [5.41, 5.74) is 0.642. The first-order chi connectivity index (χ1) is 5.18. The summed E-state index contributed by atoms with van der Waals surface area (Å²) in [7, 11) is 0. The quantitative estimate of drug-likeness (QED) is 0.380. The standard InChI is InChI=1S/C8H14ClNO/c1-7(2)8(11)5-3-4-6-10-9/h10H,1,3-6H2,2H3. The molecule has 0 spiro atoms. The second-order valence-corrected chi connectivity index (χ2v) is 2.81. The van der Waals surface area contributed by atoms with Crippen LogP contribution in [-0.4, -0.2) is 12.3 Å². The maximum absolute atomic E-state index is 11.0. The van der Waals surface area contributed by atoms with Gasteiger partial charge in [0.1, 0.15) is 0 Å². The number of allylic oxidation sites excluding steroid dienone is 1. The molecule has 2 nitrogen and oxygen atoms in total. The van der Waals surface area contributed by atoms with Gasteiger partial charge in [0.2, 0.25) is 0 Å². The predicted octanol–water partition coefficient (Wildman–Crippen LogP) is 2.05. The van der Waals surface area contributed by atoms with E-state index in [2.05, 4.69) is 11.4 Å². The summed E-state index contributed by atoms with van der Waals surface area (Å²) in [6.45, 7) is 6.06. The van der Waals surface area contributed by atoms with E-state index < -0.39 is 0 Å². The van der Waals surface area contributed by atoms with Crippen LogP contribution in [0.1, 0.15) is 26.2 Å². The molecular weight excluding hydrogens is 162 g/mol. The molecule has 0 aliphatic heterocycles. The van der Waals surface area contributed by atoms with Crippen molar-refractivity contribution in [1.29, 1.82) is 0 Å². The largest absolute Gasteiger partial charge is 0.295 e. The molecule has 0 rings (SSSR count). The van der Waals surface area contributed by atoms with E-state index in [9.17, 15) is 4.79 Å². The Hall–Kier alpha value is -0.340. The summed E-state index contributed by atoms with van der Waals surface area (Å²) in [4.78, 5) is 13.5. The highest BCUT2D eigenvalue weighted by Gasteiger charge is 2.00. The molecule has 0 aromatic carbocycles. The van der Waals surface area contributed by atoms with Gasteiger partial charge in [-0.1, -0.05) is 6.58 Å². The molecule has 0 aliphatic rings. The lowest BCUT2D eigenvalue weighted by Crippen LogP contribution is -2.03. The number of hydrogen-bond acceptors (Lipinski definition) is 2. The Morgan fingerprint density at radius 1 is 1.55 bits per heavy atom. The average Bonchev–Trinajstić information content (AvgIpc) is 1.97. The van der Waals surface area contributed by atoms with Crippen molar-refractivity contribution in [3.05, 3.63) is 12.2 Å². The van der Waals surface area contributed by atoms with E-state index in [1.807, 2.05) is 0 Å². The van der Waals surface area contributed by atoms with Crippen molar-refractivity contribution in [1.82, 2.24) is 4.84 Å². The van der Waals surface area contributed by atoms with Crippen molar-refractivity contribution in [2.75, 3.05) is 6.54 Å². The Morgan fingerprint density at radius 2 is 2.18 bits per heavy atom. The zero-order chi connectivity index (χ0) is 8.69. The van der Waals surface area contributed by atoms with Gasteiger partial charge in [0.25, 0.3) is 0 Å². The van der Waals surface area contributed by atoms with Gasteiger partial charge in [-0.3, -0.25) is 4.79 Å². The van der Waals surface area contributed by atoms with Gasteiger partial charge >= 0.3 is 0 Å². The number of ketones is 1. The van der Waals surface area contributed by atoms with Crippen LogP contribution in [0.3, 0.4) is 0 Å². The molecule has 3 heteroatoms. The van der Waals surface area contributed by atoms with Crippen LogP contribution in [0.4, 0.5) is 0 Å². The number of nitrogens with one attached hydrogen (secondary N) is 1. The molecule has 64 valence electrons. The van der Waals surface area contributed by atoms with Gasteiger partial charge in [-0.25, -0.2) is 4.84 Å². The van der Waals surface area contributed by atoms with E-state index in [1.165, 1.54) is 0 Å². The Balaban J connectivity index is 3.25. The van der Waals surface area contributed by atoms with Gasteiger partial charge in [0, 0.05) is 13.0 Å². The summed E-state index contributed by atoms with van der Waals surface area (Å²) < 4.78 is 0. The van der Waals surface area contributed by atoms with Crippen molar-refractivity contribution in [2.45, 2.75) is 26.2 Å². The van der Waals surface area contributed by atoms with Gasteiger partial charge in [-0.05, 0) is 37.1 Å². The summed E-state index contributed by atoms with van der Waals surface area (Å²) in [6.07, 6.45) is 2.40. The molecule has 0 unspecified atom stereocenters. The van der Waals surface area contributed by atoms with Crippen LogP contribution in [0, 0.1) is 0 Å². The summed E-state index contributed by atoms with van der Waals surface area (Å²) in [5, 5.41) is 0. The molecule has 0 fully saturated rings. The fourth-order valence-electron chi connectivity index (χ4n) is 0.691. The van der Waals surface area contributed by atoms with Crippen LogP contribution >= 0.6 is 11.8 Å². The SMILES string of the molecule is C=C(C)C(=O)CCCCNCl. The van der Waals surface area contributed by atoms with E-state index in [0.29, 0.717) is 12.0 Å². The number of carbonyl (C=O) groups is 1. The molecule has 0 amide bonds. The first-order valence-corrected chi connectivity index (χ1v) is 4.08. The van der Waals surface area contributed by atoms with Crippen LogP contribution < -0.4 is 4.84 Å². The van der Waals surface area contributed by atoms with Crippen LogP contribution in [0.25, 0.3) is 0 Å². The third-order valence-corrected chi connectivity index (χ3v) is 1.59. The summed E-state index contributed by atoms with van der Waals surface area (Å²) in [6, 6.07) is 0. The van der Waals surface area contributed by atoms with Gasteiger partial charge in [-0.15, -0.1) is 0 Å². The lowest BCUT2D eigenvalue weighted by molar-refractivity contribution is -0.115. The Kier molecular flexibility index (Phi) is 6.18. The van der Waals surface area contributed by atoms with Gasteiger partial charge in [0.05, 0.1) is 0 Å². The van der Waals surface area contributed by atoms with Crippen molar-refractivity contribution in [3.63, 3.8) is 0 Å². The molecule has 1 N–H and O–H groups in total. The molecule has 0 saturated heterocycles. The first-order valence-electron chi connectivity index (χ1n) is 3.70. The number of carbonyl (C=O) groups excluding carboxylic acids is 1.